The Bertz CT molecular complexity index is 498. The van der Waals surface area contributed by atoms with E-state index in [-0.39, 0.29) is 17.0 Å². The van der Waals surface area contributed by atoms with Crippen LogP contribution in [0.25, 0.3) is 0 Å². The van der Waals surface area contributed by atoms with Crippen molar-refractivity contribution >= 4 is 15.7 Å². The Morgan fingerprint density at radius 2 is 1.80 bits per heavy atom. The summed E-state index contributed by atoms with van der Waals surface area (Å²) in [4.78, 5) is 0.288. The molecule has 2 unspecified atom stereocenters. The highest BCUT2D eigenvalue weighted by atomic mass is 32.2. The third-order valence-electron chi connectivity index (χ3n) is 2.85. The number of hydrogen-bond donors (Lipinski definition) is 3. The second kappa shape index (κ2) is 7.61. The molecule has 0 spiro atoms. The highest BCUT2D eigenvalue weighted by Gasteiger charge is 2.13. The molecule has 1 aromatic carbocycles. The van der Waals surface area contributed by atoms with E-state index in [2.05, 4.69) is 17.0 Å². The van der Waals surface area contributed by atoms with Crippen LogP contribution >= 0.6 is 0 Å². The molecular weight excluding hydrogens is 274 g/mol. The predicted octanol–water partition coefficient (Wildman–Crippen LogP) is 1.91. The van der Waals surface area contributed by atoms with Crippen LogP contribution in [0.1, 0.15) is 33.6 Å². The molecule has 1 aromatic rings. The summed E-state index contributed by atoms with van der Waals surface area (Å²) in [5.41, 5.74) is 6.64. The van der Waals surface area contributed by atoms with Crippen LogP contribution in [0.4, 0.5) is 5.69 Å². The van der Waals surface area contributed by atoms with Gasteiger partial charge in [-0.1, -0.05) is 6.92 Å². The van der Waals surface area contributed by atoms with Crippen molar-refractivity contribution in [3.8, 4) is 0 Å². The fourth-order valence-electron chi connectivity index (χ4n) is 1.95. The van der Waals surface area contributed by atoms with Crippen LogP contribution in [0, 0.1) is 0 Å². The average Bonchev–Trinajstić information content (AvgIpc) is 2.36. The Kier molecular flexibility index (Phi) is 6.45. The largest absolute Gasteiger partial charge is 0.383 e. The molecule has 114 valence electrons. The molecule has 0 radical (unpaired) electrons. The fraction of sp³-hybridized carbons (Fsp3) is 0.571. The lowest BCUT2D eigenvalue weighted by atomic mass is 10.1. The second-order valence-electron chi connectivity index (χ2n) is 5.18. The Hall–Kier alpha value is -1.11. The van der Waals surface area contributed by atoms with E-state index in [0.717, 1.165) is 18.5 Å². The van der Waals surface area contributed by atoms with Crippen LogP contribution in [0.5, 0.6) is 0 Å². The molecule has 0 aromatic heterocycles. The quantitative estimate of drug-likeness (QED) is 0.684. The van der Waals surface area contributed by atoms with Gasteiger partial charge < -0.3 is 11.1 Å². The standard InChI is InChI=1S/C14H25N3O2S/c1-4-9-16-20(18,19)14-7-5-13(6-8-14)17-12(3)10-11(2)15/h5-8,11-12,16-17H,4,9-10,15H2,1-3H3. The molecule has 0 aliphatic rings. The van der Waals surface area contributed by atoms with E-state index in [4.69, 9.17) is 5.73 Å². The van der Waals surface area contributed by atoms with Gasteiger partial charge in [0.1, 0.15) is 0 Å². The van der Waals surface area contributed by atoms with Gasteiger partial charge in [-0.3, -0.25) is 0 Å². The van der Waals surface area contributed by atoms with Gasteiger partial charge in [-0.2, -0.15) is 0 Å². The smallest absolute Gasteiger partial charge is 0.240 e. The van der Waals surface area contributed by atoms with Gasteiger partial charge >= 0.3 is 0 Å². The number of rotatable bonds is 8. The number of nitrogens with two attached hydrogens (primary N) is 1. The Labute approximate surface area is 122 Å². The van der Waals surface area contributed by atoms with Gasteiger partial charge in [0.15, 0.2) is 0 Å². The number of hydrogen-bond acceptors (Lipinski definition) is 4. The minimum Gasteiger partial charge on any atom is -0.383 e. The lowest BCUT2D eigenvalue weighted by Crippen LogP contribution is -2.26. The van der Waals surface area contributed by atoms with E-state index >= 15 is 0 Å². The first kappa shape index (κ1) is 16.9. The number of nitrogens with one attached hydrogen (secondary N) is 2. The summed E-state index contributed by atoms with van der Waals surface area (Å²) in [5.74, 6) is 0. The summed E-state index contributed by atoms with van der Waals surface area (Å²) in [7, 11) is -3.38. The highest BCUT2D eigenvalue weighted by molar-refractivity contribution is 7.89. The molecule has 1 rings (SSSR count). The first-order chi connectivity index (χ1) is 9.35. The highest BCUT2D eigenvalue weighted by Crippen LogP contribution is 2.15. The topological polar surface area (TPSA) is 84.2 Å². The molecule has 20 heavy (non-hydrogen) atoms. The van der Waals surface area contributed by atoms with Crippen molar-refractivity contribution in [1.82, 2.24) is 4.72 Å². The normalized spacial score (nSPS) is 14.8. The maximum atomic E-state index is 11.9. The van der Waals surface area contributed by atoms with Crippen LogP contribution in [0.2, 0.25) is 0 Å². The molecule has 4 N–H and O–H groups in total. The second-order valence-corrected chi connectivity index (χ2v) is 6.95. The third kappa shape index (κ3) is 5.48. The summed E-state index contributed by atoms with van der Waals surface area (Å²) >= 11 is 0. The van der Waals surface area contributed by atoms with E-state index in [1.54, 1.807) is 24.3 Å². The van der Waals surface area contributed by atoms with Crippen molar-refractivity contribution in [2.24, 2.45) is 5.73 Å². The lowest BCUT2D eigenvalue weighted by molar-refractivity contribution is 0.581. The fourth-order valence-corrected chi connectivity index (χ4v) is 3.09. The van der Waals surface area contributed by atoms with E-state index < -0.39 is 10.0 Å². The molecule has 0 bridgehead atoms. The van der Waals surface area contributed by atoms with Gasteiger partial charge in [0.25, 0.3) is 0 Å². The molecule has 0 aliphatic heterocycles. The molecule has 0 heterocycles. The number of benzene rings is 1. The van der Waals surface area contributed by atoms with Crippen molar-refractivity contribution in [1.29, 1.82) is 0 Å². The summed E-state index contributed by atoms with van der Waals surface area (Å²) in [5, 5.41) is 3.30. The first-order valence-electron chi connectivity index (χ1n) is 6.97. The van der Waals surface area contributed by atoms with Crippen molar-refractivity contribution in [2.45, 2.75) is 50.6 Å². The van der Waals surface area contributed by atoms with Crippen LogP contribution in [-0.2, 0) is 10.0 Å². The predicted molar refractivity (Wildman–Crippen MR) is 83.3 cm³/mol. The van der Waals surface area contributed by atoms with Gasteiger partial charge in [0.05, 0.1) is 4.90 Å². The minimum absolute atomic E-state index is 0.135. The molecule has 0 fully saturated rings. The van der Waals surface area contributed by atoms with Crippen molar-refractivity contribution in [2.75, 3.05) is 11.9 Å². The summed E-state index contributed by atoms with van der Waals surface area (Å²) in [6.45, 7) is 6.40. The summed E-state index contributed by atoms with van der Waals surface area (Å²) in [6.07, 6.45) is 1.63. The summed E-state index contributed by atoms with van der Waals surface area (Å²) < 4.78 is 26.4. The maximum absolute atomic E-state index is 11.9. The van der Waals surface area contributed by atoms with Gasteiger partial charge in [-0.15, -0.1) is 0 Å². The lowest BCUT2D eigenvalue weighted by Gasteiger charge is -2.17. The van der Waals surface area contributed by atoms with Crippen molar-refractivity contribution < 1.29 is 8.42 Å². The van der Waals surface area contributed by atoms with Crippen LogP contribution < -0.4 is 15.8 Å². The van der Waals surface area contributed by atoms with Crippen LogP contribution in [0.15, 0.2) is 29.2 Å². The van der Waals surface area contributed by atoms with Crippen LogP contribution in [0.3, 0.4) is 0 Å². The van der Waals surface area contributed by atoms with Crippen molar-refractivity contribution in [3.63, 3.8) is 0 Å². The molecule has 2 atom stereocenters. The van der Waals surface area contributed by atoms with E-state index in [1.807, 2.05) is 13.8 Å². The maximum Gasteiger partial charge on any atom is 0.240 e. The van der Waals surface area contributed by atoms with Gasteiger partial charge in [-0.05, 0) is 51.0 Å². The zero-order valence-electron chi connectivity index (χ0n) is 12.4. The Morgan fingerprint density at radius 1 is 1.20 bits per heavy atom. The molecule has 0 amide bonds. The van der Waals surface area contributed by atoms with Gasteiger partial charge in [0, 0.05) is 24.3 Å². The minimum atomic E-state index is -3.38. The molecular formula is C14H25N3O2S. The summed E-state index contributed by atoms with van der Waals surface area (Å²) in [6, 6.07) is 7.15. The van der Waals surface area contributed by atoms with E-state index in [1.165, 1.54) is 0 Å². The third-order valence-corrected chi connectivity index (χ3v) is 4.32. The number of anilines is 1. The van der Waals surface area contributed by atoms with E-state index in [9.17, 15) is 8.42 Å². The van der Waals surface area contributed by atoms with Crippen LogP contribution in [-0.4, -0.2) is 27.0 Å². The SMILES string of the molecule is CCCNS(=O)(=O)c1ccc(NC(C)CC(C)N)cc1. The van der Waals surface area contributed by atoms with E-state index in [0.29, 0.717) is 6.54 Å². The Morgan fingerprint density at radius 3 is 2.30 bits per heavy atom. The van der Waals surface area contributed by atoms with Crippen molar-refractivity contribution in [3.05, 3.63) is 24.3 Å². The molecule has 6 heteroatoms. The Balaban J connectivity index is 2.69. The molecule has 0 saturated carbocycles. The monoisotopic (exact) mass is 299 g/mol. The average molecular weight is 299 g/mol. The van der Waals surface area contributed by atoms with Gasteiger partial charge in [0.2, 0.25) is 10.0 Å². The molecule has 0 saturated heterocycles. The number of sulfonamides is 1. The first-order valence-corrected chi connectivity index (χ1v) is 8.45. The zero-order chi connectivity index (χ0) is 15.2. The molecule has 5 nitrogen and oxygen atoms in total. The van der Waals surface area contributed by atoms with Gasteiger partial charge in [-0.25, -0.2) is 13.1 Å². The molecule has 0 aliphatic carbocycles. The zero-order valence-corrected chi connectivity index (χ0v) is 13.2.